The molecule has 0 aromatic carbocycles. The van der Waals surface area contributed by atoms with Crippen LogP contribution in [0.1, 0.15) is 193 Å². The standard InChI is InChI=1S/C37H75N.C2H6/c1-12-17-32(20-16-15-19-30(5)31(6)24-34(18-13-2)36(7,8)9)25-33-21-22-35(26-33)38-28-29(4)27-37(10,11)23-14-3;1-2/h29-35,38H,12-28H2,1-11H3;1-2H3. The van der Waals surface area contributed by atoms with E-state index in [2.05, 4.69) is 81.5 Å². The van der Waals surface area contributed by atoms with Gasteiger partial charge in [-0.1, -0.05) is 148 Å². The van der Waals surface area contributed by atoms with E-state index in [1.807, 2.05) is 13.8 Å². The molecule has 1 heteroatoms. The lowest BCUT2D eigenvalue weighted by Crippen LogP contribution is -2.32. The summed E-state index contributed by atoms with van der Waals surface area (Å²) in [5.41, 5.74) is 0.955. The monoisotopic (exact) mass is 564 g/mol. The fourth-order valence-corrected chi connectivity index (χ4v) is 8.01. The average molecular weight is 564 g/mol. The van der Waals surface area contributed by atoms with Gasteiger partial charge >= 0.3 is 0 Å². The highest BCUT2D eigenvalue weighted by Gasteiger charge is 2.29. The van der Waals surface area contributed by atoms with Gasteiger partial charge in [0.25, 0.3) is 0 Å². The Labute approximate surface area is 256 Å². The third-order valence-corrected chi connectivity index (χ3v) is 10.5. The summed E-state index contributed by atoms with van der Waals surface area (Å²) < 4.78 is 0. The molecule has 0 aliphatic heterocycles. The lowest BCUT2D eigenvalue weighted by molar-refractivity contribution is 0.162. The van der Waals surface area contributed by atoms with E-state index in [0.717, 1.165) is 41.5 Å². The third kappa shape index (κ3) is 17.8. The summed E-state index contributed by atoms with van der Waals surface area (Å²) >= 11 is 0. The van der Waals surface area contributed by atoms with Crippen molar-refractivity contribution in [3.63, 3.8) is 0 Å². The Morgan fingerprint density at radius 3 is 1.95 bits per heavy atom. The molecule has 1 aliphatic carbocycles. The Hall–Kier alpha value is -0.0400. The summed E-state index contributed by atoms with van der Waals surface area (Å²) in [4.78, 5) is 0. The van der Waals surface area contributed by atoms with Crippen LogP contribution in [0.25, 0.3) is 0 Å². The predicted octanol–water partition coefficient (Wildman–Crippen LogP) is 13.1. The molecule has 1 fully saturated rings. The molecule has 0 saturated heterocycles. The second kappa shape index (κ2) is 21.6. The SMILES string of the molecule is CC.CCCC(CCCCC(C)C(C)CC(CCC)C(C)(C)C)CC1CCC(NCC(C)CC(C)(C)CCC)C1. The molecule has 1 saturated carbocycles. The lowest BCUT2D eigenvalue weighted by atomic mass is 9.71. The quantitative estimate of drug-likeness (QED) is 0.137. The van der Waals surface area contributed by atoms with Gasteiger partial charge in [-0.05, 0) is 97.8 Å². The molecule has 40 heavy (non-hydrogen) atoms. The fourth-order valence-electron chi connectivity index (χ4n) is 8.01. The van der Waals surface area contributed by atoms with Crippen molar-refractivity contribution in [1.82, 2.24) is 5.32 Å². The third-order valence-electron chi connectivity index (χ3n) is 10.5. The zero-order valence-electron chi connectivity index (χ0n) is 30.6. The minimum atomic E-state index is 0.454. The molecule has 0 aromatic heterocycles. The van der Waals surface area contributed by atoms with Gasteiger partial charge in [0.2, 0.25) is 0 Å². The van der Waals surface area contributed by atoms with Gasteiger partial charge in [-0.15, -0.1) is 0 Å². The topological polar surface area (TPSA) is 12.0 Å². The van der Waals surface area contributed by atoms with E-state index < -0.39 is 0 Å². The Kier molecular flexibility index (Phi) is 21.6. The Balaban J connectivity index is 0.00000742. The van der Waals surface area contributed by atoms with Crippen molar-refractivity contribution in [3.8, 4) is 0 Å². The van der Waals surface area contributed by atoms with E-state index >= 15 is 0 Å². The van der Waals surface area contributed by atoms with Crippen molar-refractivity contribution in [2.75, 3.05) is 6.54 Å². The van der Waals surface area contributed by atoms with E-state index in [-0.39, 0.29) is 0 Å². The summed E-state index contributed by atoms with van der Waals surface area (Å²) in [7, 11) is 0. The number of unbranched alkanes of at least 4 members (excludes halogenated alkanes) is 1. The summed E-state index contributed by atoms with van der Waals surface area (Å²) in [6, 6.07) is 0.783. The molecule has 0 heterocycles. The van der Waals surface area contributed by atoms with Crippen LogP contribution in [0.3, 0.4) is 0 Å². The molecule has 242 valence electrons. The highest BCUT2D eigenvalue weighted by atomic mass is 14.9. The molecule has 0 spiro atoms. The fraction of sp³-hybridized carbons (Fsp3) is 1.00. The molecule has 1 nitrogen and oxygen atoms in total. The Morgan fingerprint density at radius 2 is 1.38 bits per heavy atom. The first-order valence-corrected chi connectivity index (χ1v) is 18.5. The molecule has 1 rings (SSSR count). The Morgan fingerprint density at radius 1 is 0.750 bits per heavy atom. The van der Waals surface area contributed by atoms with Gasteiger partial charge in [0.1, 0.15) is 0 Å². The minimum absolute atomic E-state index is 0.454. The smallest absolute Gasteiger partial charge is 0.00699 e. The van der Waals surface area contributed by atoms with Crippen molar-refractivity contribution in [2.24, 2.45) is 46.3 Å². The van der Waals surface area contributed by atoms with Crippen LogP contribution >= 0.6 is 0 Å². The van der Waals surface area contributed by atoms with Crippen LogP contribution in [0, 0.1) is 46.3 Å². The van der Waals surface area contributed by atoms with Gasteiger partial charge in [-0.25, -0.2) is 0 Å². The normalized spacial score (nSPS) is 21.8. The predicted molar refractivity (Wildman–Crippen MR) is 185 cm³/mol. The van der Waals surface area contributed by atoms with Crippen molar-refractivity contribution >= 4 is 0 Å². The van der Waals surface area contributed by atoms with Crippen LogP contribution < -0.4 is 5.32 Å². The van der Waals surface area contributed by atoms with Gasteiger partial charge < -0.3 is 5.32 Å². The maximum absolute atomic E-state index is 3.99. The average Bonchev–Trinajstić information content (AvgIpc) is 3.32. The molecular formula is C39H81N. The van der Waals surface area contributed by atoms with Crippen LogP contribution in [0.15, 0.2) is 0 Å². The molecule has 7 atom stereocenters. The van der Waals surface area contributed by atoms with Gasteiger partial charge in [0, 0.05) is 6.04 Å². The number of hydrogen-bond acceptors (Lipinski definition) is 1. The number of hydrogen-bond donors (Lipinski definition) is 1. The molecule has 0 amide bonds. The Bertz CT molecular complexity index is 572. The highest BCUT2D eigenvalue weighted by molar-refractivity contribution is 4.84. The second-order valence-electron chi connectivity index (χ2n) is 16.2. The molecule has 0 bridgehead atoms. The first-order valence-electron chi connectivity index (χ1n) is 18.5. The zero-order valence-corrected chi connectivity index (χ0v) is 30.6. The van der Waals surface area contributed by atoms with Gasteiger partial charge in [-0.3, -0.25) is 0 Å². The molecule has 1 aliphatic rings. The van der Waals surface area contributed by atoms with E-state index in [0.29, 0.717) is 10.8 Å². The second-order valence-corrected chi connectivity index (χ2v) is 16.2. The number of rotatable bonds is 21. The van der Waals surface area contributed by atoms with Crippen LogP contribution in [0.4, 0.5) is 0 Å². The molecule has 1 N–H and O–H groups in total. The summed E-state index contributed by atoms with van der Waals surface area (Å²) in [6.45, 7) is 32.1. The van der Waals surface area contributed by atoms with Crippen LogP contribution in [0.5, 0.6) is 0 Å². The van der Waals surface area contributed by atoms with Crippen LogP contribution in [0.2, 0.25) is 0 Å². The van der Waals surface area contributed by atoms with Crippen molar-refractivity contribution in [2.45, 2.75) is 199 Å². The molecular weight excluding hydrogens is 482 g/mol. The molecule has 7 unspecified atom stereocenters. The number of nitrogens with one attached hydrogen (secondary N) is 1. The summed E-state index contributed by atoms with van der Waals surface area (Å²) in [6.07, 6.45) is 22.6. The maximum atomic E-state index is 3.99. The largest absolute Gasteiger partial charge is 0.314 e. The van der Waals surface area contributed by atoms with E-state index in [1.165, 1.54) is 109 Å². The maximum Gasteiger partial charge on any atom is 0.00699 e. The molecule has 0 radical (unpaired) electrons. The minimum Gasteiger partial charge on any atom is -0.314 e. The van der Waals surface area contributed by atoms with E-state index in [4.69, 9.17) is 0 Å². The van der Waals surface area contributed by atoms with Crippen LogP contribution in [-0.2, 0) is 0 Å². The summed E-state index contributed by atoms with van der Waals surface area (Å²) in [5.74, 6) is 5.35. The van der Waals surface area contributed by atoms with E-state index in [9.17, 15) is 0 Å². The first-order chi connectivity index (χ1) is 18.8. The highest BCUT2D eigenvalue weighted by Crippen LogP contribution is 2.38. The van der Waals surface area contributed by atoms with Gasteiger partial charge in [0.15, 0.2) is 0 Å². The molecule has 0 aromatic rings. The van der Waals surface area contributed by atoms with Crippen molar-refractivity contribution < 1.29 is 0 Å². The first kappa shape index (κ1) is 40.0. The van der Waals surface area contributed by atoms with Gasteiger partial charge in [0.05, 0.1) is 0 Å². The van der Waals surface area contributed by atoms with Gasteiger partial charge in [-0.2, -0.15) is 0 Å². The van der Waals surface area contributed by atoms with Crippen molar-refractivity contribution in [3.05, 3.63) is 0 Å². The summed E-state index contributed by atoms with van der Waals surface area (Å²) in [5, 5.41) is 3.99. The lowest BCUT2D eigenvalue weighted by Gasteiger charge is -2.34. The van der Waals surface area contributed by atoms with Crippen LogP contribution in [-0.4, -0.2) is 12.6 Å². The zero-order chi connectivity index (χ0) is 30.8. The van der Waals surface area contributed by atoms with E-state index in [1.54, 1.807) is 0 Å². The van der Waals surface area contributed by atoms with Crippen molar-refractivity contribution in [1.29, 1.82) is 0 Å².